The number of urea groups is 1. The van der Waals surface area contributed by atoms with Crippen LogP contribution in [0.2, 0.25) is 5.15 Å². The number of nitrogens with one attached hydrogen (secondary N) is 2. The Bertz CT molecular complexity index is 658. The average Bonchev–Trinajstić information content (AvgIpc) is 2.82. The van der Waals surface area contributed by atoms with E-state index < -0.39 is 11.9 Å². The molecule has 3 amide bonds. The highest BCUT2D eigenvalue weighted by atomic mass is 35.5. The minimum Gasteiger partial charge on any atom is -0.468 e. The molecule has 1 atom stereocenters. The van der Waals surface area contributed by atoms with Gasteiger partial charge in [0, 0.05) is 13.6 Å². The fourth-order valence-electron chi connectivity index (χ4n) is 2.08. The monoisotopic (exact) mass is 357 g/mol. The summed E-state index contributed by atoms with van der Waals surface area (Å²) in [5.74, 6) is -0.603. The number of hydrogen-bond acceptors (Lipinski definition) is 6. The largest absolute Gasteiger partial charge is 0.468 e. The molecule has 0 saturated carbocycles. The van der Waals surface area contributed by atoms with Crippen molar-refractivity contribution in [3.05, 3.63) is 16.4 Å². The molecule has 1 unspecified atom stereocenters. The zero-order chi connectivity index (χ0) is 17.7. The summed E-state index contributed by atoms with van der Waals surface area (Å²) in [7, 11) is 1.53. The molecular formula is C14H20ClN5O4. The summed E-state index contributed by atoms with van der Waals surface area (Å²) in [6, 6.07) is -0.590. The lowest BCUT2D eigenvalue weighted by molar-refractivity contribution is 0.0195. The number of aryl methyl sites for hydroxylation is 1. The fourth-order valence-corrected chi connectivity index (χ4v) is 2.36. The third-order valence-corrected chi connectivity index (χ3v) is 3.51. The van der Waals surface area contributed by atoms with Crippen LogP contribution in [0.4, 0.5) is 4.79 Å². The van der Waals surface area contributed by atoms with Crippen molar-refractivity contribution in [1.29, 1.82) is 0 Å². The van der Waals surface area contributed by atoms with E-state index in [9.17, 15) is 9.59 Å². The summed E-state index contributed by atoms with van der Waals surface area (Å²) in [5.41, 5.74) is 0.242. The third-order valence-electron chi connectivity index (χ3n) is 3.25. The molecule has 1 aliphatic rings. The summed E-state index contributed by atoms with van der Waals surface area (Å²) < 4.78 is 6.81. The molecule has 0 fully saturated rings. The fraction of sp³-hybridized carbons (Fsp3) is 0.571. The van der Waals surface area contributed by atoms with Crippen LogP contribution < -0.4 is 10.6 Å². The summed E-state index contributed by atoms with van der Waals surface area (Å²) in [5, 5.41) is 12.6. The molecule has 9 nitrogen and oxygen atoms in total. The Morgan fingerprint density at radius 3 is 2.88 bits per heavy atom. The van der Waals surface area contributed by atoms with Crippen LogP contribution in [0.15, 0.2) is 5.16 Å². The SMILES string of the molecule is CCCCNC(=O)NC(=O)c1c(C2=NOCC(C)O2)c(Cl)nn1C. The Labute approximate surface area is 144 Å². The van der Waals surface area contributed by atoms with Crippen LogP contribution >= 0.6 is 11.6 Å². The zero-order valence-electron chi connectivity index (χ0n) is 13.8. The van der Waals surface area contributed by atoms with Crippen LogP contribution in [0.1, 0.15) is 42.7 Å². The predicted octanol–water partition coefficient (Wildman–Crippen LogP) is 1.41. The van der Waals surface area contributed by atoms with E-state index in [-0.39, 0.29) is 28.4 Å². The van der Waals surface area contributed by atoms with Gasteiger partial charge in [0.15, 0.2) is 11.8 Å². The molecule has 2 N–H and O–H groups in total. The number of nitrogens with zero attached hydrogens (tertiary/aromatic N) is 3. The molecule has 1 aromatic heterocycles. The number of hydrogen-bond donors (Lipinski definition) is 2. The van der Waals surface area contributed by atoms with Gasteiger partial charge in [-0.3, -0.25) is 14.8 Å². The van der Waals surface area contributed by atoms with Crippen LogP contribution in [-0.2, 0) is 16.6 Å². The second-order valence-corrected chi connectivity index (χ2v) is 5.68. The highest BCUT2D eigenvalue weighted by molar-refractivity contribution is 6.33. The Hall–Kier alpha value is -2.29. The van der Waals surface area contributed by atoms with Crippen molar-refractivity contribution in [2.75, 3.05) is 13.2 Å². The molecule has 0 bridgehead atoms. The van der Waals surface area contributed by atoms with Crippen molar-refractivity contribution in [2.24, 2.45) is 12.2 Å². The van der Waals surface area contributed by atoms with E-state index >= 15 is 0 Å². The third kappa shape index (κ3) is 4.16. The lowest BCUT2D eigenvalue weighted by Crippen LogP contribution is -2.41. The van der Waals surface area contributed by atoms with E-state index in [1.165, 1.54) is 11.7 Å². The molecule has 0 aromatic carbocycles. The van der Waals surface area contributed by atoms with Gasteiger partial charge in [0.1, 0.15) is 17.4 Å². The molecule has 10 heteroatoms. The van der Waals surface area contributed by atoms with Crippen LogP contribution in [0, 0.1) is 0 Å². The number of carbonyl (C=O) groups excluding carboxylic acids is 2. The van der Waals surface area contributed by atoms with Gasteiger partial charge in [-0.25, -0.2) is 4.79 Å². The number of ether oxygens (including phenoxy) is 1. The molecule has 1 aromatic rings. The van der Waals surface area contributed by atoms with Crippen molar-refractivity contribution in [2.45, 2.75) is 32.8 Å². The van der Waals surface area contributed by atoms with Crippen molar-refractivity contribution in [3.8, 4) is 0 Å². The lowest BCUT2D eigenvalue weighted by atomic mass is 10.2. The van der Waals surface area contributed by atoms with Crippen molar-refractivity contribution in [3.63, 3.8) is 0 Å². The Balaban J connectivity index is 2.19. The highest BCUT2D eigenvalue weighted by Gasteiger charge is 2.30. The maximum atomic E-state index is 12.4. The topological polar surface area (TPSA) is 107 Å². The van der Waals surface area contributed by atoms with E-state index in [4.69, 9.17) is 21.2 Å². The van der Waals surface area contributed by atoms with E-state index in [1.54, 1.807) is 6.92 Å². The number of rotatable bonds is 5. The van der Waals surface area contributed by atoms with E-state index in [0.29, 0.717) is 13.2 Å². The first-order valence-corrected chi connectivity index (χ1v) is 8.00. The van der Waals surface area contributed by atoms with Gasteiger partial charge in [-0.15, -0.1) is 0 Å². The Morgan fingerprint density at radius 2 is 2.21 bits per heavy atom. The van der Waals surface area contributed by atoms with Crippen molar-refractivity contribution < 1.29 is 19.2 Å². The Kier molecular flexibility index (Phi) is 6.02. The van der Waals surface area contributed by atoms with Gasteiger partial charge < -0.3 is 14.9 Å². The standard InChI is InChI=1S/C14H20ClN5O4/c1-4-5-6-16-14(22)17-12(21)10-9(11(15)18-20(10)3)13-19-23-7-8(2)24-13/h8H,4-7H2,1-3H3,(H2,16,17,21,22). The van der Waals surface area contributed by atoms with Gasteiger partial charge in [0.25, 0.3) is 11.8 Å². The zero-order valence-corrected chi connectivity index (χ0v) is 14.5. The quantitative estimate of drug-likeness (QED) is 0.775. The maximum Gasteiger partial charge on any atom is 0.321 e. The first-order valence-electron chi connectivity index (χ1n) is 7.62. The van der Waals surface area contributed by atoms with Gasteiger partial charge in [0.2, 0.25) is 0 Å². The molecular weight excluding hydrogens is 338 g/mol. The van der Waals surface area contributed by atoms with Crippen LogP contribution in [0.3, 0.4) is 0 Å². The van der Waals surface area contributed by atoms with Gasteiger partial charge in [0.05, 0.1) is 0 Å². The normalized spacial score (nSPS) is 16.7. The van der Waals surface area contributed by atoms with Gasteiger partial charge in [-0.2, -0.15) is 5.10 Å². The summed E-state index contributed by atoms with van der Waals surface area (Å²) in [6.07, 6.45) is 1.51. The summed E-state index contributed by atoms with van der Waals surface area (Å²) >= 11 is 6.09. The number of aromatic nitrogens is 2. The molecule has 0 saturated heterocycles. The van der Waals surface area contributed by atoms with Crippen LogP contribution in [0.5, 0.6) is 0 Å². The van der Waals surface area contributed by atoms with Crippen LogP contribution in [0.25, 0.3) is 0 Å². The highest BCUT2D eigenvalue weighted by Crippen LogP contribution is 2.23. The van der Waals surface area contributed by atoms with E-state index in [1.807, 2.05) is 6.92 Å². The number of oxime groups is 1. The van der Waals surface area contributed by atoms with Gasteiger partial charge >= 0.3 is 6.03 Å². The molecule has 0 radical (unpaired) electrons. The first kappa shape index (κ1) is 18.1. The minimum absolute atomic E-state index is 0.0329. The number of imide groups is 1. The minimum atomic E-state index is -0.662. The van der Waals surface area contributed by atoms with Crippen molar-refractivity contribution in [1.82, 2.24) is 20.4 Å². The molecule has 24 heavy (non-hydrogen) atoms. The summed E-state index contributed by atoms with van der Waals surface area (Å²) in [4.78, 5) is 29.2. The molecule has 2 heterocycles. The van der Waals surface area contributed by atoms with Gasteiger partial charge in [-0.05, 0) is 18.5 Å². The Morgan fingerprint density at radius 1 is 1.46 bits per heavy atom. The first-order chi connectivity index (χ1) is 11.4. The van der Waals surface area contributed by atoms with E-state index in [0.717, 1.165) is 12.8 Å². The van der Waals surface area contributed by atoms with Crippen LogP contribution in [-0.4, -0.2) is 46.9 Å². The molecule has 2 rings (SSSR count). The second-order valence-electron chi connectivity index (χ2n) is 5.32. The number of unbranched alkanes of at least 4 members (excludes halogenated alkanes) is 1. The van der Waals surface area contributed by atoms with E-state index in [2.05, 4.69) is 20.9 Å². The lowest BCUT2D eigenvalue weighted by Gasteiger charge is -2.19. The number of carbonyl (C=O) groups is 2. The van der Waals surface area contributed by atoms with Gasteiger partial charge in [-0.1, -0.05) is 24.9 Å². The molecule has 132 valence electrons. The predicted molar refractivity (Wildman–Crippen MR) is 87.0 cm³/mol. The number of amides is 3. The molecule has 0 aliphatic carbocycles. The smallest absolute Gasteiger partial charge is 0.321 e. The maximum absolute atomic E-state index is 12.4. The molecule has 1 aliphatic heterocycles. The number of halogens is 1. The summed E-state index contributed by atoms with van der Waals surface area (Å²) in [6.45, 7) is 4.57. The second kappa shape index (κ2) is 8.00. The van der Waals surface area contributed by atoms with Crippen molar-refractivity contribution >= 4 is 29.4 Å². The average molecular weight is 358 g/mol. The molecule has 0 spiro atoms.